The van der Waals surface area contributed by atoms with Gasteiger partial charge < -0.3 is 10.4 Å². The predicted molar refractivity (Wildman–Crippen MR) is 61.1 cm³/mol. The Labute approximate surface area is 100 Å². The van der Waals surface area contributed by atoms with Gasteiger partial charge in [-0.3, -0.25) is 9.59 Å². The quantitative estimate of drug-likeness (QED) is 0.715. The van der Waals surface area contributed by atoms with Crippen LogP contribution in [0.1, 0.15) is 19.3 Å². The summed E-state index contributed by atoms with van der Waals surface area (Å²) in [5.41, 5.74) is 0. The third kappa shape index (κ3) is 1.85. The fraction of sp³-hybridized carbons (Fsp3) is 0.692. The molecule has 4 atom stereocenters. The lowest BCUT2D eigenvalue weighted by atomic mass is 9.82. The van der Waals surface area contributed by atoms with E-state index in [1.54, 1.807) is 0 Å². The van der Waals surface area contributed by atoms with E-state index in [0.717, 1.165) is 13.0 Å². The largest absolute Gasteiger partial charge is 0.481 e. The highest BCUT2D eigenvalue weighted by molar-refractivity contribution is 5.86. The average molecular weight is 235 g/mol. The third-order valence-corrected chi connectivity index (χ3v) is 4.31. The van der Waals surface area contributed by atoms with Crippen LogP contribution in [0.2, 0.25) is 0 Å². The molecule has 0 aromatic rings. The average Bonchev–Trinajstić information content (AvgIpc) is 2.90. The zero-order chi connectivity index (χ0) is 12.0. The van der Waals surface area contributed by atoms with Gasteiger partial charge >= 0.3 is 5.97 Å². The Bertz CT molecular complexity index is 386. The molecule has 3 aliphatic carbocycles. The van der Waals surface area contributed by atoms with Gasteiger partial charge in [-0.2, -0.15) is 0 Å². The molecule has 2 fully saturated rings. The van der Waals surface area contributed by atoms with E-state index in [1.165, 1.54) is 12.8 Å². The molecule has 0 aromatic heterocycles. The van der Waals surface area contributed by atoms with Crippen LogP contribution in [-0.2, 0) is 9.59 Å². The van der Waals surface area contributed by atoms with E-state index in [1.807, 2.05) is 12.2 Å². The summed E-state index contributed by atoms with van der Waals surface area (Å²) in [5.74, 6) is -0.897. The van der Waals surface area contributed by atoms with Gasteiger partial charge in [0.25, 0.3) is 0 Å². The number of hydrogen-bond acceptors (Lipinski definition) is 2. The number of aliphatic carboxylic acids is 1. The molecule has 0 radical (unpaired) electrons. The summed E-state index contributed by atoms with van der Waals surface area (Å²) >= 11 is 0. The van der Waals surface area contributed by atoms with Crippen molar-refractivity contribution >= 4 is 11.9 Å². The van der Waals surface area contributed by atoms with Crippen LogP contribution in [0.15, 0.2) is 12.2 Å². The number of carbonyl (C=O) groups excluding carboxylic acids is 1. The number of fused-ring (bicyclic) bond motifs is 2. The zero-order valence-corrected chi connectivity index (χ0v) is 9.63. The van der Waals surface area contributed by atoms with Crippen LogP contribution < -0.4 is 5.32 Å². The van der Waals surface area contributed by atoms with Crippen molar-refractivity contribution in [3.8, 4) is 0 Å². The minimum Gasteiger partial charge on any atom is -0.481 e. The summed E-state index contributed by atoms with van der Waals surface area (Å²) < 4.78 is 0. The summed E-state index contributed by atoms with van der Waals surface area (Å²) in [5, 5.41) is 12.2. The van der Waals surface area contributed by atoms with E-state index in [4.69, 9.17) is 0 Å². The topological polar surface area (TPSA) is 66.4 Å². The molecule has 2 saturated carbocycles. The molecule has 0 spiro atoms. The second kappa shape index (κ2) is 3.86. The number of hydrogen-bond donors (Lipinski definition) is 2. The lowest BCUT2D eigenvalue weighted by Crippen LogP contribution is -2.40. The molecule has 2 N–H and O–H groups in total. The number of nitrogens with one attached hydrogen (secondary N) is 1. The van der Waals surface area contributed by atoms with E-state index in [-0.39, 0.29) is 23.7 Å². The van der Waals surface area contributed by atoms with Crippen molar-refractivity contribution in [1.29, 1.82) is 0 Å². The predicted octanol–water partition coefficient (Wildman–Crippen LogP) is 1.04. The molecule has 4 nitrogen and oxygen atoms in total. The van der Waals surface area contributed by atoms with Gasteiger partial charge in [-0.1, -0.05) is 12.2 Å². The summed E-state index contributed by atoms with van der Waals surface area (Å²) in [6, 6.07) is 0. The zero-order valence-electron chi connectivity index (χ0n) is 9.63. The summed E-state index contributed by atoms with van der Waals surface area (Å²) in [4.78, 5) is 23.3. The smallest absolute Gasteiger partial charge is 0.307 e. The number of rotatable bonds is 4. The van der Waals surface area contributed by atoms with Gasteiger partial charge in [0.05, 0.1) is 11.8 Å². The molecular weight excluding hydrogens is 218 g/mol. The third-order valence-electron chi connectivity index (χ3n) is 4.31. The van der Waals surface area contributed by atoms with Gasteiger partial charge in [0, 0.05) is 6.54 Å². The SMILES string of the molecule is O=C(O)[C@@H]1C2C=CC(C2)[C@@H]1C(=O)NCC1CC1. The van der Waals surface area contributed by atoms with Gasteiger partial charge in [-0.05, 0) is 37.0 Å². The minimum absolute atomic E-state index is 0.0545. The van der Waals surface area contributed by atoms with Gasteiger partial charge in [0.1, 0.15) is 0 Å². The maximum atomic E-state index is 12.1. The fourth-order valence-electron chi connectivity index (χ4n) is 3.20. The number of amides is 1. The highest BCUT2D eigenvalue weighted by atomic mass is 16.4. The van der Waals surface area contributed by atoms with E-state index < -0.39 is 11.9 Å². The number of allylic oxidation sites excluding steroid dienone is 2. The Morgan fingerprint density at radius 2 is 1.82 bits per heavy atom. The Morgan fingerprint density at radius 1 is 1.18 bits per heavy atom. The molecule has 0 heterocycles. The Morgan fingerprint density at radius 3 is 2.41 bits per heavy atom. The van der Waals surface area contributed by atoms with Crippen LogP contribution in [0.5, 0.6) is 0 Å². The van der Waals surface area contributed by atoms with Crippen molar-refractivity contribution < 1.29 is 14.7 Å². The van der Waals surface area contributed by atoms with Crippen LogP contribution in [-0.4, -0.2) is 23.5 Å². The first kappa shape index (κ1) is 10.8. The summed E-state index contributed by atoms with van der Waals surface area (Å²) in [6.45, 7) is 0.725. The van der Waals surface area contributed by atoms with Gasteiger partial charge in [0.15, 0.2) is 0 Å². The molecule has 0 aliphatic heterocycles. The first-order valence-corrected chi connectivity index (χ1v) is 6.35. The molecule has 1 amide bonds. The second-order valence-corrected chi connectivity index (χ2v) is 5.53. The second-order valence-electron chi connectivity index (χ2n) is 5.53. The van der Waals surface area contributed by atoms with Gasteiger partial charge in [0.2, 0.25) is 5.91 Å². The molecule has 2 bridgehead atoms. The number of carboxylic acid groups (broad SMARTS) is 1. The van der Waals surface area contributed by atoms with Gasteiger partial charge in [-0.25, -0.2) is 0 Å². The molecule has 4 heteroatoms. The maximum absolute atomic E-state index is 12.1. The molecule has 0 saturated heterocycles. The lowest BCUT2D eigenvalue weighted by molar-refractivity contribution is -0.147. The van der Waals surface area contributed by atoms with E-state index in [2.05, 4.69) is 5.32 Å². The normalized spacial score (nSPS) is 38.4. The van der Waals surface area contributed by atoms with Crippen molar-refractivity contribution in [3.05, 3.63) is 12.2 Å². The lowest BCUT2D eigenvalue weighted by Gasteiger charge is -2.23. The highest BCUT2D eigenvalue weighted by Gasteiger charge is 2.51. The summed E-state index contributed by atoms with van der Waals surface area (Å²) in [6.07, 6.45) is 7.20. The Hall–Kier alpha value is -1.32. The highest BCUT2D eigenvalue weighted by Crippen LogP contribution is 2.48. The molecule has 2 unspecified atom stereocenters. The monoisotopic (exact) mass is 235 g/mol. The fourth-order valence-corrected chi connectivity index (χ4v) is 3.20. The maximum Gasteiger partial charge on any atom is 0.307 e. The Kier molecular flexibility index (Phi) is 2.45. The molecule has 92 valence electrons. The van der Waals surface area contributed by atoms with Crippen molar-refractivity contribution in [2.75, 3.05) is 6.54 Å². The van der Waals surface area contributed by atoms with E-state index in [9.17, 15) is 14.7 Å². The Balaban J connectivity index is 1.69. The van der Waals surface area contributed by atoms with Crippen LogP contribution >= 0.6 is 0 Å². The van der Waals surface area contributed by atoms with Crippen LogP contribution in [0.3, 0.4) is 0 Å². The number of carboxylic acids is 1. The standard InChI is InChI=1S/C13H17NO3/c15-12(14-6-7-1-2-7)10-8-3-4-9(5-8)11(10)13(16)17/h3-4,7-11H,1-2,5-6H2,(H,14,15)(H,16,17)/t8?,9?,10-,11+/m0/s1. The van der Waals surface area contributed by atoms with Crippen molar-refractivity contribution in [3.63, 3.8) is 0 Å². The molecule has 0 aromatic carbocycles. The molecular formula is C13H17NO3. The van der Waals surface area contributed by atoms with Gasteiger partial charge in [-0.15, -0.1) is 0 Å². The number of carbonyl (C=O) groups is 2. The van der Waals surface area contributed by atoms with Crippen LogP contribution in [0.25, 0.3) is 0 Å². The molecule has 3 aliphatic rings. The first-order valence-electron chi connectivity index (χ1n) is 6.35. The molecule has 17 heavy (non-hydrogen) atoms. The van der Waals surface area contributed by atoms with E-state index >= 15 is 0 Å². The van der Waals surface area contributed by atoms with Crippen molar-refractivity contribution in [2.45, 2.75) is 19.3 Å². The van der Waals surface area contributed by atoms with Crippen LogP contribution in [0.4, 0.5) is 0 Å². The summed E-state index contributed by atoms with van der Waals surface area (Å²) in [7, 11) is 0. The van der Waals surface area contributed by atoms with E-state index in [0.29, 0.717) is 5.92 Å². The van der Waals surface area contributed by atoms with Crippen molar-refractivity contribution in [1.82, 2.24) is 5.32 Å². The molecule has 3 rings (SSSR count). The minimum atomic E-state index is -0.826. The van der Waals surface area contributed by atoms with Crippen LogP contribution in [0, 0.1) is 29.6 Å². The van der Waals surface area contributed by atoms with Crippen molar-refractivity contribution in [2.24, 2.45) is 29.6 Å². The first-order chi connectivity index (χ1) is 8.16.